The average Bonchev–Trinajstić information content (AvgIpc) is 3.57. The van der Waals surface area contributed by atoms with E-state index >= 15 is 8.78 Å². The van der Waals surface area contributed by atoms with Gasteiger partial charge in [0.15, 0.2) is 11.4 Å². The normalized spacial score (nSPS) is 19.9. The summed E-state index contributed by atoms with van der Waals surface area (Å²) in [5, 5.41) is 9.54. The topological polar surface area (TPSA) is 89.0 Å². The van der Waals surface area contributed by atoms with E-state index in [2.05, 4.69) is 4.98 Å². The van der Waals surface area contributed by atoms with Gasteiger partial charge >= 0.3 is 12.1 Å². The van der Waals surface area contributed by atoms with Crippen LogP contribution in [0.2, 0.25) is 5.02 Å². The van der Waals surface area contributed by atoms with Crippen molar-refractivity contribution < 1.29 is 33.0 Å². The lowest BCUT2D eigenvalue weighted by molar-refractivity contribution is -0.0216. The number of ether oxygens (including phenoxy) is 2. The van der Waals surface area contributed by atoms with E-state index in [-0.39, 0.29) is 28.3 Å². The number of carbonyl (C=O) groups excluding carboxylic acids is 1. The minimum absolute atomic E-state index is 0.0216. The van der Waals surface area contributed by atoms with E-state index in [0.29, 0.717) is 30.7 Å². The van der Waals surface area contributed by atoms with E-state index in [1.165, 1.54) is 0 Å². The number of carbonyl (C=O) groups is 2. The first-order valence-electron chi connectivity index (χ1n) is 13.7. The van der Waals surface area contributed by atoms with Crippen molar-refractivity contribution in [1.29, 1.82) is 0 Å². The molecule has 0 saturated carbocycles. The maximum Gasteiger partial charge on any atom is 0.410 e. The molecule has 1 saturated heterocycles. The van der Waals surface area contributed by atoms with Gasteiger partial charge in [0, 0.05) is 41.9 Å². The van der Waals surface area contributed by atoms with E-state index in [4.69, 9.17) is 21.1 Å². The molecule has 11 heteroatoms. The van der Waals surface area contributed by atoms with Crippen LogP contribution in [0.5, 0.6) is 5.75 Å². The Morgan fingerprint density at radius 2 is 1.95 bits per heavy atom. The Bertz CT molecular complexity index is 1550. The lowest BCUT2D eigenvalue weighted by Gasteiger charge is -2.40. The number of carboxylic acid groups (broad SMARTS) is 1. The van der Waals surface area contributed by atoms with Crippen LogP contribution < -0.4 is 4.74 Å². The van der Waals surface area contributed by atoms with Gasteiger partial charge in [-0.3, -0.25) is 0 Å². The molecule has 2 aromatic carbocycles. The van der Waals surface area contributed by atoms with Crippen LogP contribution in [0.4, 0.5) is 13.6 Å². The Hall–Kier alpha value is -3.37. The second-order valence-corrected chi connectivity index (χ2v) is 12.9. The summed E-state index contributed by atoms with van der Waals surface area (Å²) >= 11 is 7.63. The van der Waals surface area contributed by atoms with Crippen LogP contribution >= 0.6 is 23.4 Å². The van der Waals surface area contributed by atoms with Gasteiger partial charge in [0.2, 0.25) is 0 Å². The minimum atomic E-state index is -1.43. The molecular formula is C31H31ClF2N2O5S. The number of hydrogen-bond acceptors (Lipinski definition) is 6. The predicted octanol–water partition coefficient (Wildman–Crippen LogP) is 7.72. The lowest BCUT2D eigenvalue weighted by atomic mass is 9.80. The van der Waals surface area contributed by atoms with Gasteiger partial charge in [-0.15, -0.1) is 11.8 Å². The van der Waals surface area contributed by atoms with Crippen molar-refractivity contribution in [3.05, 3.63) is 75.9 Å². The van der Waals surface area contributed by atoms with Crippen LogP contribution in [0.1, 0.15) is 62.0 Å². The number of aromatic carboxylic acids is 1. The van der Waals surface area contributed by atoms with E-state index in [1.807, 2.05) is 37.3 Å². The number of carboxylic acids is 1. The first-order chi connectivity index (χ1) is 19.9. The molecule has 2 aliphatic rings. The van der Waals surface area contributed by atoms with Crippen LogP contribution in [0.25, 0.3) is 11.1 Å². The molecule has 1 amide bonds. The summed E-state index contributed by atoms with van der Waals surface area (Å²) in [5.41, 5.74) is -1.76. The molecule has 0 aliphatic carbocycles. The van der Waals surface area contributed by atoms with Crippen LogP contribution in [-0.4, -0.2) is 51.0 Å². The van der Waals surface area contributed by atoms with E-state index in [0.717, 1.165) is 29.6 Å². The molecule has 3 aromatic rings. The third-order valence-corrected chi connectivity index (χ3v) is 8.66. The molecule has 5 rings (SSSR count). The number of halogens is 3. The Morgan fingerprint density at radius 1 is 1.24 bits per heavy atom. The van der Waals surface area contributed by atoms with Gasteiger partial charge in [0.1, 0.15) is 22.2 Å². The van der Waals surface area contributed by atoms with Crippen molar-refractivity contribution in [2.24, 2.45) is 0 Å². The zero-order valence-electron chi connectivity index (χ0n) is 23.7. The standard InChI is InChI=1S/C31H31ClF2N2O5S/c1-5-42-27-26(34)24(19(16-35-27)28(37)38)23-18-15-31(17-10-7-6-8-11-17,40-21(18)14-20(33)25(23)32)22-12-9-13-36(22)29(39)41-30(2,3)4/h6-8,10-11,14,16,22H,5,9,12-13,15H2,1-4H3,(H,37,38)/t22-,31-/m0/s1. The molecule has 1 aromatic heterocycles. The smallest absolute Gasteiger partial charge is 0.410 e. The number of thioether (sulfide) groups is 1. The molecule has 2 aliphatic heterocycles. The van der Waals surface area contributed by atoms with Crippen molar-refractivity contribution in [2.45, 2.75) is 69.2 Å². The molecule has 7 nitrogen and oxygen atoms in total. The molecular weight excluding hydrogens is 586 g/mol. The highest BCUT2D eigenvalue weighted by molar-refractivity contribution is 7.99. The maximum absolute atomic E-state index is 16.1. The van der Waals surface area contributed by atoms with Gasteiger partial charge in [-0.2, -0.15) is 0 Å². The molecule has 0 bridgehead atoms. The number of likely N-dealkylation sites (tertiary alicyclic amines) is 1. The second-order valence-electron chi connectivity index (χ2n) is 11.3. The van der Waals surface area contributed by atoms with Crippen LogP contribution in [0.3, 0.4) is 0 Å². The first kappa shape index (κ1) is 30.1. The quantitative estimate of drug-likeness (QED) is 0.284. The number of amides is 1. The highest BCUT2D eigenvalue weighted by atomic mass is 35.5. The Balaban J connectivity index is 1.73. The van der Waals surface area contributed by atoms with Crippen LogP contribution in [-0.2, 0) is 16.8 Å². The van der Waals surface area contributed by atoms with Gasteiger partial charge in [-0.25, -0.2) is 23.4 Å². The third-order valence-electron chi connectivity index (χ3n) is 7.45. The van der Waals surface area contributed by atoms with Crippen molar-refractivity contribution in [3.63, 3.8) is 0 Å². The predicted molar refractivity (Wildman–Crippen MR) is 156 cm³/mol. The summed E-state index contributed by atoms with van der Waals surface area (Å²) in [6, 6.07) is 9.86. The number of hydrogen-bond donors (Lipinski definition) is 1. The van der Waals surface area contributed by atoms with Gasteiger partial charge < -0.3 is 19.5 Å². The second kappa shape index (κ2) is 11.4. The van der Waals surface area contributed by atoms with Crippen molar-refractivity contribution in [1.82, 2.24) is 9.88 Å². The molecule has 3 heterocycles. The fraction of sp³-hybridized carbons (Fsp3) is 0.387. The number of aromatic nitrogens is 1. The summed E-state index contributed by atoms with van der Waals surface area (Å²) in [7, 11) is 0. The number of fused-ring (bicyclic) bond motifs is 1. The van der Waals surface area contributed by atoms with Crippen molar-refractivity contribution in [2.75, 3.05) is 12.3 Å². The van der Waals surface area contributed by atoms with E-state index in [1.54, 1.807) is 25.7 Å². The average molecular weight is 617 g/mol. The minimum Gasteiger partial charge on any atom is -0.480 e. The van der Waals surface area contributed by atoms with Gasteiger partial charge in [0.25, 0.3) is 0 Å². The number of benzene rings is 2. The van der Waals surface area contributed by atoms with Gasteiger partial charge in [-0.05, 0) is 44.9 Å². The zero-order chi connectivity index (χ0) is 30.4. The SMILES string of the molecule is CCSc1ncc(C(=O)O)c(-c2c(Cl)c(F)cc3c2C[C@](c2ccccc2)([C@@H]2CCCN2C(=O)OC(C)(C)C)O3)c1F. The van der Waals surface area contributed by atoms with Gasteiger partial charge in [0.05, 0.1) is 16.6 Å². The van der Waals surface area contributed by atoms with E-state index in [9.17, 15) is 14.7 Å². The summed E-state index contributed by atoms with van der Waals surface area (Å²) < 4.78 is 43.9. The van der Waals surface area contributed by atoms with Crippen molar-refractivity contribution in [3.8, 4) is 16.9 Å². The highest BCUT2D eigenvalue weighted by Gasteiger charge is 2.54. The Morgan fingerprint density at radius 3 is 2.60 bits per heavy atom. The number of nitrogens with zero attached hydrogens (tertiary/aromatic N) is 2. The number of rotatable bonds is 6. The fourth-order valence-corrected chi connectivity index (χ4v) is 6.72. The lowest BCUT2D eigenvalue weighted by Crippen LogP contribution is -2.53. The first-order valence-corrected chi connectivity index (χ1v) is 15.0. The summed E-state index contributed by atoms with van der Waals surface area (Å²) in [4.78, 5) is 31.3. The molecule has 0 spiro atoms. The molecule has 1 N–H and O–H groups in total. The fourth-order valence-electron chi connectivity index (χ4n) is 5.83. The molecule has 2 atom stereocenters. The summed E-state index contributed by atoms with van der Waals surface area (Å²) in [6.07, 6.45) is 1.88. The van der Waals surface area contributed by atoms with Crippen LogP contribution in [0.15, 0.2) is 47.6 Å². The summed E-state index contributed by atoms with van der Waals surface area (Å²) in [5.74, 6) is -2.64. The summed E-state index contributed by atoms with van der Waals surface area (Å²) in [6.45, 7) is 7.60. The molecule has 0 unspecified atom stereocenters. The zero-order valence-corrected chi connectivity index (χ0v) is 25.2. The molecule has 42 heavy (non-hydrogen) atoms. The number of pyridine rings is 1. The van der Waals surface area contributed by atoms with Gasteiger partial charge in [-0.1, -0.05) is 48.9 Å². The Labute approximate surface area is 252 Å². The largest absolute Gasteiger partial charge is 0.480 e. The molecule has 0 radical (unpaired) electrons. The third kappa shape index (κ3) is 5.30. The maximum atomic E-state index is 16.1. The monoisotopic (exact) mass is 616 g/mol. The Kier molecular flexibility index (Phi) is 8.15. The molecule has 1 fully saturated rings. The highest BCUT2D eigenvalue weighted by Crippen LogP contribution is 2.53. The van der Waals surface area contributed by atoms with Crippen LogP contribution in [0, 0.1) is 11.6 Å². The van der Waals surface area contributed by atoms with Crippen molar-refractivity contribution >= 4 is 35.4 Å². The molecule has 222 valence electrons. The van der Waals surface area contributed by atoms with E-state index < -0.39 is 51.5 Å².